The number of hydrogen-bond donors (Lipinski definition) is 2. The van der Waals surface area contributed by atoms with Crippen LogP contribution in [0.15, 0.2) is 64.5 Å². The van der Waals surface area contributed by atoms with Crippen molar-refractivity contribution in [2.75, 3.05) is 11.1 Å². The summed E-state index contributed by atoms with van der Waals surface area (Å²) in [6.07, 6.45) is 4.08. The molecule has 2 aromatic heterocycles. The zero-order valence-electron chi connectivity index (χ0n) is 23.0. The van der Waals surface area contributed by atoms with E-state index in [2.05, 4.69) is 26.1 Å². The quantitative estimate of drug-likeness (QED) is 0.192. The predicted molar refractivity (Wildman–Crippen MR) is 163 cm³/mol. The second kappa shape index (κ2) is 11.6. The Morgan fingerprint density at radius 1 is 1.15 bits per heavy atom. The lowest BCUT2D eigenvalue weighted by Gasteiger charge is -2.36. The Morgan fingerprint density at radius 3 is 2.55 bits per heavy atom. The Balaban J connectivity index is 1.44. The first kappa shape index (κ1) is 28.1. The largest absolute Gasteiger partial charge is 0.366 e. The van der Waals surface area contributed by atoms with Crippen molar-refractivity contribution >= 4 is 50.8 Å². The van der Waals surface area contributed by atoms with Crippen molar-refractivity contribution in [3.8, 4) is 0 Å². The van der Waals surface area contributed by atoms with Crippen LogP contribution in [-0.2, 0) is 24.2 Å². The summed E-state index contributed by atoms with van der Waals surface area (Å²) in [5.74, 6) is -0.0832. The smallest absolute Gasteiger partial charge is 0.263 e. The van der Waals surface area contributed by atoms with Gasteiger partial charge in [-0.05, 0) is 66.0 Å². The molecule has 0 spiro atoms. The van der Waals surface area contributed by atoms with Gasteiger partial charge in [-0.25, -0.2) is 4.98 Å². The Bertz CT molecular complexity index is 1610. The van der Waals surface area contributed by atoms with E-state index >= 15 is 0 Å². The van der Waals surface area contributed by atoms with E-state index in [1.807, 2.05) is 30.3 Å². The van der Waals surface area contributed by atoms with E-state index in [-0.39, 0.29) is 22.6 Å². The predicted octanol–water partition coefficient (Wildman–Crippen LogP) is 5.88. The molecule has 0 bridgehead atoms. The lowest BCUT2D eigenvalue weighted by atomic mass is 9.70. The van der Waals surface area contributed by atoms with Crippen molar-refractivity contribution in [2.45, 2.75) is 58.2 Å². The minimum Gasteiger partial charge on any atom is -0.366 e. The van der Waals surface area contributed by atoms with E-state index in [0.29, 0.717) is 28.9 Å². The maximum atomic E-state index is 14.0. The second-order valence-corrected chi connectivity index (χ2v) is 13.0. The number of anilines is 1. The van der Waals surface area contributed by atoms with Crippen molar-refractivity contribution in [3.05, 3.63) is 86.5 Å². The van der Waals surface area contributed by atoms with Gasteiger partial charge < -0.3 is 11.1 Å². The molecule has 2 aromatic carbocycles. The number of primary amides is 1. The number of thioether (sulfide) groups is 1. The molecule has 1 aliphatic carbocycles. The summed E-state index contributed by atoms with van der Waals surface area (Å²) in [4.78, 5) is 45.2. The van der Waals surface area contributed by atoms with Crippen LogP contribution in [0, 0.1) is 11.3 Å². The van der Waals surface area contributed by atoms with Gasteiger partial charge in [0.1, 0.15) is 4.83 Å². The number of hydrogen-bond acceptors (Lipinski definition) is 6. The highest BCUT2D eigenvalue weighted by Crippen LogP contribution is 2.44. The monoisotopic (exact) mass is 574 g/mol. The minimum atomic E-state index is -0.522. The number of nitrogens with two attached hydrogens (primary N) is 1. The molecule has 1 aliphatic rings. The van der Waals surface area contributed by atoms with Gasteiger partial charge in [-0.2, -0.15) is 0 Å². The molecule has 1 atom stereocenters. The molecule has 2 amide bonds. The van der Waals surface area contributed by atoms with Gasteiger partial charge >= 0.3 is 0 Å². The molecular weight excluding hydrogens is 541 g/mol. The van der Waals surface area contributed by atoms with Crippen molar-refractivity contribution in [1.82, 2.24) is 9.55 Å². The summed E-state index contributed by atoms with van der Waals surface area (Å²) in [7, 11) is 0. The number of rotatable bonds is 9. The summed E-state index contributed by atoms with van der Waals surface area (Å²) in [6.45, 7) is 7.32. The van der Waals surface area contributed by atoms with Crippen LogP contribution in [0.2, 0.25) is 0 Å². The first-order valence-corrected chi connectivity index (χ1v) is 15.4. The van der Waals surface area contributed by atoms with Crippen LogP contribution >= 0.6 is 23.1 Å². The van der Waals surface area contributed by atoms with E-state index in [1.165, 1.54) is 16.6 Å². The Hall–Kier alpha value is -3.43. The van der Waals surface area contributed by atoms with E-state index in [1.54, 1.807) is 40.2 Å². The third-order valence-corrected chi connectivity index (χ3v) is 10.2. The number of nitrogens with zero attached hydrogens (tertiary/aromatic N) is 2. The summed E-state index contributed by atoms with van der Waals surface area (Å²) in [5.41, 5.74) is 8.62. The Morgan fingerprint density at radius 2 is 1.88 bits per heavy atom. The van der Waals surface area contributed by atoms with Gasteiger partial charge in [-0.15, -0.1) is 11.3 Å². The van der Waals surface area contributed by atoms with Crippen LogP contribution in [-0.4, -0.2) is 27.1 Å². The SMILES string of the molecule is CCC(C)(C)[C@@H]1CCc2c(sc3nc(SCC(=O)Nc4ccc(C(N)=O)cc4)n(Cc4ccccc4)c(=O)c23)C1. The minimum absolute atomic E-state index is 0.0375. The number of carbonyl (C=O) groups excluding carboxylic acids is 2. The lowest BCUT2D eigenvalue weighted by molar-refractivity contribution is -0.113. The number of fused-ring (bicyclic) bond motifs is 3. The number of carbonyl (C=O) groups is 2. The normalized spacial score (nSPS) is 15.1. The number of aromatic nitrogens is 2. The molecule has 0 unspecified atom stereocenters. The van der Waals surface area contributed by atoms with Crippen LogP contribution in [0.3, 0.4) is 0 Å². The van der Waals surface area contributed by atoms with Crippen molar-refractivity contribution in [1.29, 1.82) is 0 Å². The topological polar surface area (TPSA) is 107 Å². The van der Waals surface area contributed by atoms with E-state index in [9.17, 15) is 14.4 Å². The molecule has 7 nitrogen and oxygen atoms in total. The summed E-state index contributed by atoms with van der Waals surface area (Å²) in [6, 6.07) is 16.3. The molecule has 5 rings (SSSR count). The Labute approximate surface area is 242 Å². The molecule has 0 aliphatic heterocycles. The summed E-state index contributed by atoms with van der Waals surface area (Å²) >= 11 is 2.90. The van der Waals surface area contributed by atoms with Crippen LogP contribution in [0.1, 0.15) is 60.0 Å². The Kier molecular flexibility index (Phi) is 8.14. The zero-order chi connectivity index (χ0) is 28.4. The van der Waals surface area contributed by atoms with Gasteiger partial charge in [0.25, 0.3) is 5.56 Å². The molecule has 0 fully saturated rings. The van der Waals surface area contributed by atoms with Gasteiger partial charge in [0.2, 0.25) is 11.8 Å². The molecule has 40 heavy (non-hydrogen) atoms. The van der Waals surface area contributed by atoms with Crippen molar-refractivity contribution in [3.63, 3.8) is 0 Å². The van der Waals surface area contributed by atoms with Crippen LogP contribution in [0.4, 0.5) is 5.69 Å². The number of thiophene rings is 1. The molecular formula is C31H34N4O3S2. The third kappa shape index (κ3) is 5.86. The fraction of sp³-hybridized carbons (Fsp3) is 0.355. The third-order valence-electron chi connectivity index (χ3n) is 8.12. The molecule has 3 N–H and O–H groups in total. The maximum Gasteiger partial charge on any atom is 0.263 e. The molecule has 0 saturated heterocycles. The molecule has 2 heterocycles. The number of nitrogens with one attached hydrogen (secondary N) is 1. The molecule has 0 radical (unpaired) electrons. The highest BCUT2D eigenvalue weighted by Gasteiger charge is 2.34. The lowest BCUT2D eigenvalue weighted by Crippen LogP contribution is -2.29. The van der Waals surface area contributed by atoms with Crippen molar-refractivity contribution in [2.24, 2.45) is 17.1 Å². The first-order chi connectivity index (χ1) is 19.2. The van der Waals surface area contributed by atoms with Gasteiger partial charge in [-0.1, -0.05) is 69.3 Å². The number of aryl methyl sites for hydroxylation is 1. The first-order valence-electron chi connectivity index (χ1n) is 13.6. The molecule has 208 valence electrons. The van der Waals surface area contributed by atoms with Gasteiger partial charge in [0.05, 0.1) is 17.7 Å². The average molecular weight is 575 g/mol. The fourth-order valence-electron chi connectivity index (χ4n) is 5.26. The summed E-state index contributed by atoms with van der Waals surface area (Å²) < 4.78 is 1.71. The highest BCUT2D eigenvalue weighted by molar-refractivity contribution is 7.99. The van der Waals surface area contributed by atoms with Crippen LogP contribution in [0.5, 0.6) is 0 Å². The fourth-order valence-corrected chi connectivity index (χ4v) is 7.40. The number of amides is 2. The van der Waals surface area contributed by atoms with E-state index < -0.39 is 5.91 Å². The van der Waals surface area contributed by atoms with E-state index in [4.69, 9.17) is 10.7 Å². The zero-order valence-corrected chi connectivity index (χ0v) is 24.7. The highest BCUT2D eigenvalue weighted by atomic mass is 32.2. The van der Waals surface area contributed by atoms with E-state index in [0.717, 1.165) is 47.0 Å². The van der Waals surface area contributed by atoms with Gasteiger partial charge in [0, 0.05) is 16.1 Å². The van der Waals surface area contributed by atoms with Gasteiger partial charge in [-0.3, -0.25) is 19.0 Å². The molecule has 9 heteroatoms. The van der Waals surface area contributed by atoms with Crippen LogP contribution in [0.25, 0.3) is 10.2 Å². The molecule has 4 aromatic rings. The summed E-state index contributed by atoms with van der Waals surface area (Å²) in [5, 5.41) is 4.11. The van der Waals surface area contributed by atoms with Crippen LogP contribution < -0.4 is 16.6 Å². The van der Waals surface area contributed by atoms with Crippen molar-refractivity contribution < 1.29 is 9.59 Å². The average Bonchev–Trinajstić information content (AvgIpc) is 3.32. The number of benzene rings is 2. The maximum absolute atomic E-state index is 14.0. The standard InChI is InChI=1S/C31H34N4O3S2/c1-4-31(2,3)21-12-15-23-24(16-21)40-28-26(23)29(38)35(17-19-8-6-5-7-9-19)30(34-28)39-18-25(36)33-22-13-10-20(11-14-22)27(32)37/h5-11,13-14,21H,4,12,15-18H2,1-3H3,(H2,32,37)(H,33,36)/t21-/m1/s1. The second-order valence-electron chi connectivity index (χ2n) is 11.0. The van der Waals surface area contributed by atoms with Gasteiger partial charge in [0.15, 0.2) is 5.16 Å². The molecule has 0 saturated carbocycles.